The summed E-state index contributed by atoms with van der Waals surface area (Å²) in [5, 5.41) is 0.437. The number of hydrogen-bond donors (Lipinski definition) is 0. The van der Waals surface area contributed by atoms with E-state index in [2.05, 4.69) is 0 Å². The summed E-state index contributed by atoms with van der Waals surface area (Å²) in [6.45, 7) is 0.372. The van der Waals surface area contributed by atoms with E-state index in [1.165, 1.54) is 31.3 Å². The molecule has 0 fully saturated rings. The van der Waals surface area contributed by atoms with E-state index < -0.39 is 16.7 Å². The SMILES string of the molecule is CCCCSP(=O)(OCC)N(C)S(=O)(=O)c1ccc(Cl)cc1. The van der Waals surface area contributed by atoms with Crippen LogP contribution >= 0.6 is 29.7 Å². The zero-order valence-electron chi connectivity index (χ0n) is 12.9. The lowest BCUT2D eigenvalue weighted by molar-refractivity contribution is 0.324. The number of rotatable bonds is 9. The van der Waals surface area contributed by atoms with Crippen LogP contribution in [0.1, 0.15) is 26.7 Å². The second-order valence-electron chi connectivity index (χ2n) is 4.47. The molecule has 0 bridgehead atoms. The van der Waals surface area contributed by atoms with E-state index in [1.54, 1.807) is 6.92 Å². The minimum atomic E-state index is -3.91. The number of sulfonamides is 1. The van der Waals surface area contributed by atoms with Gasteiger partial charge in [-0.05, 0) is 37.6 Å². The van der Waals surface area contributed by atoms with Gasteiger partial charge in [0.15, 0.2) is 0 Å². The van der Waals surface area contributed by atoms with E-state index >= 15 is 0 Å². The highest BCUT2D eigenvalue weighted by atomic mass is 35.5. The second kappa shape index (κ2) is 8.71. The Morgan fingerprint density at radius 3 is 2.36 bits per heavy atom. The summed E-state index contributed by atoms with van der Waals surface area (Å²) in [6, 6.07) is 5.75. The fraction of sp³-hybridized carbons (Fsp3) is 0.538. The molecule has 0 aliphatic heterocycles. The van der Waals surface area contributed by atoms with Gasteiger partial charge in [-0.3, -0.25) is 4.57 Å². The van der Waals surface area contributed by atoms with Crippen molar-refractivity contribution >= 4 is 39.7 Å². The smallest absolute Gasteiger partial charge is 0.309 e. The van der Waals surface area contributed by atoms with Crippen molar-refractivity contribution in [2.45, 2.75) is 31.6 Å². The highest BCUT2D eigenvalue weighted by Gasteiger charge is 2.38. The van der Waals surface area contributed by atoms with E-state index in [-0.39, 0.29) is 11.5 Å². The molecule has 22 heavy (non-hydrogen) atoms. The summed E-state index contributed by atoms with van der Waals surface area (Å²) in [5.74, 6) is 0.578. The molecule has 9 heteroatoms. The molecule has 0 aromatic heterocycles. The molecule has 1 unspecified atom stereocenters. The third-order valence-corrected chi connectivity index (χ3v) is 10.9. The average molecular weight is 386 g/mol. The molecule has 0 amide bonds. The summed E-state index contributed by atoms with van der Waals surface area (Å²) < 4.78 is 44.3. The number of hydrogen-bond acceptors (Lipinski definition) is 5. The van der Waals surface area contributed by atoms with Crippen LogP contribution in [0.4, 0.5) is 0 Å². The van der Waals surface area contributed by atoms with E-state index in [9.17, 15) is 13.0 Å². The van der Waals surface area contributed by atoms with Crippen LogP contribution in [0.5, 0.6) is 0 Å². The fourth-order valence-corrected chi connectivity index (χ4v) is 8.66. The number of benzene rings is 1. The van der Waals surface area contributed by atoms with Crippen molar-refractivity contribution < 1.29 is 17.5 Å². The van der Waals surface area contributed by atoms with Crippen molar-refractivity contribution in [3.8, 4) is 0 Å². The van der Waals surface area contributed by atoms with Gasteiger partial charge in [0.2, 0.25) is 0 Å². The lowest BCUT2D eigenvalue weighted by atomic mass is 10.4. The molecule has 1 aromatic rings. The van der Waals surface area contributed by atoms with Gasteiger partial charge in [0, 0.05) is 17.8 Å². The monoisotopic (exact) mass is 385 g/mol. The van der Waals surface area contributed by atoms with Crippen LogP contribution < -0.4 is 0 Å². The molecule has 1 atom stereocenters. The highest BCUT2D eigenvalue weighted by molar-refractivity contribution is 8.56. The second-order valence-corrected chi connectivity index (χ2v) is 11.8. The summed E-state index contributed by atoms with van der Waals surface area (Å²) in [5.41, 5.74) is 0. The van der Waals surface area contributed by atoms with Gasteiger partial charge in [0.1, 0.15) is 0 Å². The third-order valence-electron chi connectivity index (χ3n) is 2.85. The molecule has 0 heterocycles. The Labute approximate surface area is 141 Å². The summed E-state index contributed by atoms with van der Waals surface area (Å²) >= 11 is 6.83. The van der Waals surface area contributed by atoms with Crippen LogP contribution in [-0.4, -0.2) is 31.9 Å². The van der Waals surface area contributed by atoms with Gasteiger partial charge in [0.25, 0.3) is 10.0 Å². The molecule has 0 aliphatic rings. The zero-order valence-corrected chi connectivity index (χ0v) is 16.1. The normalized spacial score (nSPS) is 15.0. The van der Waals surface area contributed by atoms with Crippen LogP contribution in [0.2, 0.25) is 5.02 Å². The van der Waals surface area contributed by atoms with Crippen LogP contribution in [0.3, 0.4) is 0 Å². The Morgan fingerprint density at radius 1 is 1.27 bits per heavy atom. The van der Waals surface area contributed by atoms with Crippen molar-refractivity contribution in [2.75, 3.05) is 19.4 Å². The molecule has 126 valence electrons. The Hall–Kier alpha value is -0.0400. The average Bonchev–Trinajstić information content (AvgIpc) is 2.47. The Balaban J connectivity index is 3.08. The standard InChI is InChI=1S/C13H21ClNO4PS2/c1-4-6-11-21-20(16,19-5-2)15(3)22(17,18)13-9-7-12(14)8-10-13/h7-10H,4-6,11H2,1-3H3. The largest absolute Gasteiger partial charge is 0.342 e. The summed E-state index contributed by atoms with van der Waals surface area (Å²) in [4.78, 5) is 0.0374. The Bertz CT molecular complexity index is 621. The molecule has 0 aliphatic carbocycles. The van der Waals surface area contributed by atoms with Crippen molar-refractivity contribution in [1.82, 2.24) is 4.08 Å². The van der Waals surface area contributed by atoms with Crippen LogP contribution in [-0.2, 0) is 19.1 Å². The topological polar surface area (TPSA) is 63.7 Å². The minimum Gasteiger partial charge on any atom is -0.309 e. The van der Waals surface area contributed by atoms with Crippen molar-refractivity contribution in [3.63, 3.8) is 0 Å². The van der Waals surface area contributed by atoms with E-state index in [0.717, 1.165) is 28.3 Å². The predicted molar refractivity (Wildman–Crippen MR) is 93.0 cm³/mol. The first-order valence-corrected chi connectivity index (χ1v) is 11.9. The van der Waals surface area contributed by atoms with Gasteiger partial charge < -0.3 is 4.52 Å². The molecule has 0 saturated heterocycles. The van der Waals surface area contributed by atoms with Crippen molar-refractivity contribution in [1.29, 1.82) is 0 Å². The third kappa shape index (κ3) is 4.98. The predicted octanol–water partition coefficient (Wildman–Crippen LogP) is 4.64. The Kier molecular flexibility index (Phi) is 7.92. The first-order chi connectivity index (χ1) is 10.3. The lowest BCUT2D eigenvalue weighted by Gasteiger charge is -2.26. The number of nitrogens with zero attached hydrogens (tertiary/aromatic N) is 1. The fourth-order valence-electron chi connectivity index (χ4n) is 1.58. The lowest BCUT2D eigenvalue weighted by Crippen LogP contribution is -2.24. The molecule has 0 radical (unpaired) electrons. The quantitative estimate of drug-likeness (QED) is 0.457. The molecule has 0 spiro atoms. The Morgan fingerprint density at radius 2 is 1.86 bits per heavy atom. The molecular weight excluding hydrogens is 365 g/mol. The van der Waals surface area contributed by atoms with E-state index in [1.807, 2.05) is 6.92 Å². The van der Waals surface area contributed by atoms with Crippen LogP contribution in [0, 0.1) is 0 Å². The maximum atomic E-state index is 12.9. The highest BCUT2D eigenvalue weighted by Crippen LogP contribution is 2.63. The van der Waals surface area contributed by atoms with Crippen LogP contribution in [0.15, 0.2) is 29.2 Å². The molecule has 5 nitrogen and oxygen atoms in total. The van der Waals surface area contributed by atoms with Gasteiger partial charge in [-0.25, -0.2) is 8.42 Å². The van der Waals surface area contributed by atoms with Gasteiger partial charge >= 0.3 is 6.72 Å². The van der Waals surface area contributed by atoms with Crippen molar-refractivity contribution in [2.24, 2.45) is 0 Å². The minimum absolute atomic E-state index is 0.0374. The number of unbranched alkanes of at least 4 members (excludes halogenated alkanes) is 1. The van der Waals surface area contributed by atoms with Gasteiger partial charge in [-0.2, -0.15) is 0 Å². The number of halogens is 1. The first-order valence-electron chi connectivity index (χ1n) is 6.92. The summed E-state index contributed by atoms with van der Waals surface area (Å²) in [6.07, 6.45) is 1.78. The maximum absolute atomic E-state index is 12.9. The first kappa shape index (κ1) is 20.0. The summed E-state index contributed by atoms with van der Waals surface area (Å²) in [7, 11) is -2.62. The molecular formula is C13H21ClNO4PS2. The molecule has 1 rings (SSSR count). The van der Waals surface area contributed by atoms with E-state index in [4.69, 9.17) is 16.1 Å². The van der Waals surface area contributed by atoms with Crippen molar-refractivity contribution in [3.05, 3.63) is 29.3 Å². The van der Waals surface area contributed by atoms with E-state index in [0.29, 0.717) is 10.8 Å². The molecule has 1 aromatic carbocycles. The zero-order chi connectivity index (χ0) is 16.8. The van der Waals surface area contributed by atoms with Gasteiger partial charge in [-0.15, -0.1) is 4.08 Å². The van der Waals surface area contributed by atoms with Gasteiger partial charge in [-0.1, -0.05) is 36.3 Å². The molecule has 0 N–H and O–H groups in total. The molecule has 0 saturated carbocycles. The van der Waals surface area contributed by atoms with Crippen LogP contribution in [0.25, 0.3) is 0 Å². The maximum Gasteiger partial charge on any atom is 0.342 e. The van der Waals surface area contributed by atoms with Gasteiger partial charge in [0.05, 0.1) is 11.5 Å².